The zero-order valence-corrected chi connectivity index (χ0v) is 19.0. The van der Waals surface area contributed by atoms with Gasteiger partial charge in [-0.05, 0) is 44.5 Å². The van der Waals surface area contributed by atoms with Gasteiger partial charge in [0.1, 0.15) is 5.75 Å². The summed E-state index contributed by atoms with van der Waals surface area (Å²) in [5.74, 6) is -1.60. The van der Waals surface area contributed by atoms with Gasteiger partial charge in [-0.3, -0.25) is 9.48 Å². The van der Waals surface area contributed by atoms with Crippen molar-refractivity contribution in [1.29, 1.82) is 0 Å². The third-order valence-electron chi connectivity index (χ3n) is 5.00. The van der Waals surface area contributed by atoms with Gasteiger partial charge in [0.2, 0.25) is 0 Å². The number of hydrogen-bond donors (Lipinski definition) is 1. The van der Waals surface area contributed by atoms with E-state index in [-0.39, 0.29) is 11.4 Å². The van der Waals surface area contributed by atoms with Gasteiger partial charge in [0.05, 0.1) is 17.9 Å². The predicted molar refractivity (Wildman–Crippen MR) is 124 cm³/mol. The summed E-state index contributed by atoms with van der Waals surface area (Å²) in [6, 6.07) is 13.9. The Bertz CT molecular complexity index is 1190. The summed E-state index contributed by atoms with van der Waals surface area (Å²) in [6.07, 6.45) is 2.81. The van der Waals surface area contributed by atoms with E-state index in [1.165, 1.54) is 29.8 Å². The van der Waals surface area contributed by atoms with Gasteiger partial charge in [-0.25, -0.2) is 4.79 Å². The number of anilines is 1. The molecule has 0 saturated heterocycles. The van der Waals surface area contributed by atoms with E-state index in [0.29, 0.717) is 6.54 Å². The van der Waals surface area contributed by atoms with Crippen molar-refractivity contribution in [1.82, 2.24) is 9.78 Å². The maximum atomic E-state index is 12.5. The van der Waals surface area contributed by atoms with Gasteiger partial charge in [-0.1, -0.05) is 42.0 Å². The number of amides is 1. The van der Waals surface area contributed by atoms with Crippen molar-refractivity contribution in [2.75, 3.05) is 11.9 Å². The lowest BCUT2D eigenvalue weighted by Crippen LogP contribution is -2.20. The SMILES string of the molecule is Cc1ccc(Cn2nc(C)c(/C=C/C(=O)OCC(=O)Nc3ccccc3OC(F)F)c2C)cc1. The molecule has 0 saturated carbocycles. The molecule has 9 heteroatoms. The highest BCUT2D eigenvalue weighted by atomic mass is 19.3. The summed E-state index contributed by atoms with van der Waals surface area (Å²) in [5, 5.41) is 6.92. The molecule has 0 fully saturated rings. The number of carbonyl (C=O) groups excluding carboxylic acids is 2. The number of aryl methyl sites for hydroxylation is 2. The summed E-state index contributed by atoms with van der Waals surface area (Å²) in [4.78, 5) is 24.2. The van der Waals surface area contributed by atoms with Crippen molar-refractivity contribution >= 4 is 23.6 Å². The first kappa shape index (κ1) is 24.6. The fraction of sp³-hybridized carbons (Fsp3) is 0.240. The van der Waals surface area contributed by atoms with Crippen molar-refractivity contribution in [2.24, 2.45) is 0 Å². The summed E-state index contributed by atoms with van der Waals surface area (Å²) in [6.45, 7) is 2.76. The molecule has 7 nitrogen and oxygen atoms in total. The van der Waals surface area contributed by atoms with Crippen molar-refractivity contribution in [3.8, 4) is 5.75 Å². The number of halogens is 2. The minimum absolute atomic E-state index is 0.0478. The molecule has 3 rings (SSSR count). The Labute approximate surface area is 196 Å². The average molecular weight is 469 g/mol. The number of esters is 1. The van der Waals surface area contributed by atoms with E-state index in [0.717, 1.165) is 22.5 Å². The van der Waals surface area contributed by atoms with E-state index >= 15 is 0 Å². The first-order valence-electron chi connectivity index (χ1n) is 10.5. The molecular weight excluding hydrogens is 444 g/mol. The van der Waals surface area contributed by atoms with Crippen LogP contribution in [0, 0.1) is 20.8 Å². The van der Waals surface area contributed by atoms with Crippen LogP contribution in [0.15, 0.2) is 54.6 Å². The molecule has 0 bridgehead atoms. The minimum Gasteiger partial charge on any atom is -0.452 e. The maximum absolute atomic E-state index is 12.5. The first-order valence-corrected chi connectivity index (χ1v) is 10.5. The molecule has 0 atom stereocenters. The van der Waals surface area contributed by atoms with Gasteiger partial charge in [-0.15, -0.1) is 0 Å². The maximum Gasteiger partial charge on any atom is 0.387 e. The molecule has 1 amide bonds. The van der Waals surface area contributed by atoms with E-state index in [1.54, 1.807) is 12.1 Å². The molecule has 1 aromatic heterocycles. The Balaban J connectivity index is 1.56. The molecule has 34 heavy (non-hydrogen) atoms. The van der Waals surface area contributed by atoms with Gasteiger partial charge >= 0.3 is 12.6 Å². The Kier molecular flexibility index (Phi) is 8.13. The Morgan fingerprint density at radius 1 is 1.09 bits per heavy atom. The lowest BCUT2D eigenvalue weighted by atomic mass is 10.1. The molecule has 1 N–H and O–H groups in total. The summed E-state index contributed by atoms with van der Waals surface area (Å²) in [5.41, 5.74) is 4.76. The lowest BCUT2D eigenvalue weighted by molar-refractivity contribution is -0.142. The van der Waals surface area contributed by atoms with Crippen LogP contribution in [0.25, 0.3) is 6.08 Å². The van der Waals surface area contributed by atoms with E-state index in [4.69, 9.17) is 4.74 Å². The van der Waals surface area contributed by atoms with Crippen molar-refractivity contribution < 1.29 is 27.8 Å². The van der Waals surface area contributed by atoms with E-state index < -0.39 is 25.1 Å². The molecule has 0 radical (unpaired) electrons. The van der Waals surface area contributed by atoms with Crippen LogP contribution in [0.2, 0.25) is 0 Å². The molecule has 0 aliphatic rings. The van der Waals surface area contributed by atoms with Crippen LogP contribution >= 0.6 is 0 Å². The third-order valence-corrected chi connectivity index (χ3v) is 5.00. The zero-order chi connectivity index (χ0) is 24.7. The minimum atomic E-state index is -3.03. The molecule has 0 spiro atoms. The van der Waals surface area contributed by atoms with Crippen LogP contribution in [-0.4, -0.2) is 34.9 Å². The second kappa shape index (κ2) is 11.2. The van der Waals surface area contributed by atoms with Crippen LogP contribution < -0.4 is 10.1 Å². The van der Waals surface area contributed by atoms with Gasteiger partial charge < -0.3 is 14.8 Å². The van der Waals surface area contributed by atoms with Crippen molar-refractivity contribution in [3.63, 3.8) is 0 Å². The number of ether oxygens (including phenoxy) is 2. The smallest absolute Gasteiger partial charge is 0.387 e. The zero-order valence-electron chi connectivity index (χ0n) is 19.0. The number of para-hydroxylation sites is 2. The molecule has 0 unspecified atom stereocenters. The van der Waals surface area contributed by atoms with Crippen LogP contribution in [-0.2, 0) is 20.9 Å². The molecule has 3 aromatic rings. The van der Waals surface area contributed by atoms with Crippen LogP contribution in [0.4, 0.5) is 14.5 Å². The van der Waals surface area contributed by atoms with E-state index in [9.17, 15) is 18.4 Å². The monoisotopic (exact) mass is 469 g/mol. The fourth-order valence-corrected chi connectivity index (χ4v) is 3.26. The lowest BCUT2D eigenvalue weighted by Gasteiger charge is -2.11. The third kappa shape index (κ3) is 6.74. The van der Waals surface area contributed by atoms with Gasteiger partial charge in [0.25, 0.3) is 5.91 Å². The highest BCUT2D eigenvalue weighted by Gasteiger charge is 2.13. The highest BCUT2D eigenvalue weighted by Crippen LogP contribution is 2.25. The molecule has 178 valence electrons. The summed E-state index contributed by atoms with van der Waals surface area (Å²) >= 11 is 0. The molecule has 1 heterocycles. The van der Waals surface area contributed by atoms with Crippen LogP contribution in [0.3, 0.4) is 0 Å². The normalized spacial score (nSPS) is 11.1. The first-order chi connectivity index (χ1) is 16.2. The number of hydrogen-bond acceptors (Lipinski definition) is 5. The number of nitrogens with one attached hydrogen (secondary N) is 1. The van der Waals surface area contributed by atoms with Gasteiger partial charge in [-0.2, -0.15) is 13.9 Å². The number of benzene rings is 2. The van der Waals surface area contributed by atoms with E-state index in [1.807, 2.05) is 49.7 Å². The molecule has 2 aromatic carbocycles. The Hall–Kier alpha value is -4.01. The fourth-order valence-electron chi connectivity index (χ4n) is 3.26. The number of carbonyl (C=O) groups is 2. The number of alkyl halides is 2. The molecule has 0 aliphatic carbocycles. The van der Waals surface area contributed by atoms with Crippen molar-refractivity contribution in [3.05, 3.63) is 82.7 Å². The van der Waals surface area contributed by atoms with E-state index in [2.05, 4.69) is 15.2 Å². The molecule has 0 aliphatic heterocycles. The second-order valence-electron chi connectivity index (χ2n) is 7.59. The van der Waals surface area contributed by atoms with Gasteiger partial charge in [0.15, 0.2) is 6.61 Å². The largest absolute Gasteiger partial charge is 0.452 e. The standard InChI is InChI=1S/C25H25F2N3O4/c1-16-8-10-19(11-9-16)14-30-18(3)20(17(2)29-30)12-13-24(32)33-15-23(31)28-21-6-4-5-7-22(21)34-25(26)27/h4-13,25H,14-15H2,1-3H3,(H,28,31)/b13-12+. The Morgan fingerprint density at radius 3 is 2.50 bits per heavy atom. The predicted octanol–water partition coefficient (Wildman–Crippen LogP) is 4.65. The average Bonchev–Trinajstić information content (AvgIpc) is 3.05. The number of aromatic nitrogens is 2. The van der Waals surface area contributed by atoms with Crippen LogP contribution in [0.5, 0.6) is 5.75 Å². The number of nitrogens with zero attached hydrogens (tertiary/aromatic N) is 2. The molecular formula is C25H25F2N3O4. The van der Waals surface area contributed by atoms with Crippen molar-refractivity contribution in [2.45, 2.75) is 33.9 Å². The number of rotatable bonds is 9. The second-order valence-corrected chi connectivity index (χ2v) is 7.59. The van der Waals surface area contributed by atoms with Gasteiger partial charge in [0, 0.05) is 17.3 Å². The summed E-state index contributed by atoms with van der Waals surface area (Å²) < 4.78 is 36.1. The highest BCUT2D eigenvalue weighted by molar-refractivity contribution is 5.95. The topological polar surface area (TPSA) is 82.5 Å². The van der Waals surface area contributed by atoms with Crippen LogP contribution in [0.1, 0.15) is 28.1 Å². The Morgan fingerprint density at radius 2 is 1.79 bits per heavy atom. The summed E-state index contributed by atoms with van der Waals surface area (Å²) in [7, 11) is 0. The quantitative estimate of drug-likeness (QED) is 0.364.